The monoisotopic (exact) mass is 219 g/mol. The third-order valence-corrected chi connectivity index (χ3v) is 3.18. The van der Waals surface area contributed by atoms with Gasteiger partial charge in [-0.15, -0.1) is 0 Å². The lowest BCUT2D eigenvalue weighted by atomic mass is 9.91. The van der Waals surface area contributed by atoms with Gasteiger partial charge in [-0.25, -0.2) is 0 Å². The molecule has 0 amide bonds. The van der Waals surface area contributed by atoms with Crippen molar-refractivity contribution in [2.45, 2.75) is 32.1 Å². The summed E-state index contributed by atoms with van der Waals surface area (Å²) in [7, 11) is 0. The largest absolute Gasteiger partial charge is 0.381 e. The number of carbonyl (C=O) groups is 1. The Bertz CT molecular complexity index is 370. The van der Waals surface area contributed by atoms with Crippen LogP contribution in [0.1, 0.15) is 47.3 Å². The van der Waals surface area contributed by atoms with Crippen LogP contribution in [-0.2, 0) is 11.2 Å². The summed E-state index contributed by atoms with van der Waals surface area (Å²) in [5.74, 6) is 0.505. The first-order chi connectivity index (χ1) is 7.85. The van der Waals surface area contributed by atoms with Crippen molar-refractivity contribution in [2.75, 3.05) is 13.2 Å². The average Bonchev–Trinajstić information content (AvgIpc) is 2.39. The maximum atomic E-state index is 11.0. The molecule has 1 aliphatic rings. The molecular weight excluding hydrogens is 202 g/mol. The van der Waals surface area contributed by atoms with Gasteiger partial charge in [0.15, 0.2) is 6.29 Å². The zero-order valence-corrected chi connectivity index (χ0v) is 9.61. The zero-order valence-electron chi connectivity index (χ0n) is 9.61. The number of rotatable bonds is 3. The summed E-state index contributed by atoms with van der Waals surface area (Å²) in [4.78, 5) is 15.3. The second-order valence-corrected chi connectivity index (χ2v) is 4.16. The molecule has 1 aromatic rings. The third kappa shape index (κ3) is 2.30. The average molecular weight is 219 g/mol. The number of hydrogen-bond donors (Lipinski definition) is 0. The van der Waals surface area contributed by atoms with Crippen molar-refractivity contribution in [3.63, 3.8) is 0 Å². The number of nitrogens with zero attached hydrogens (tertiary/aromatic N) is 1. The predicted molar refractivity (Wildman–Crippen MR) is 61.8 cm³/mol. The number of hydrogen-bond acceptors (Lipinski definition) is 3. The lowest BCUT2D eigenvalue weighted by Gasteiger charge is -2.22. The molecule has 3 heteroatoms. The fourth-order valence-electron chi connectivity index (χ4n) is 2.18. The lowest BCUT2D eigenvalue weighted by molar-refractivity contribution is 0.0852. The van der Waals surface area contributed by atoms with Gasteiger partial charge in [0.2, 0.25) is 0 Å². The molecule has 0 radical (unpaired) electrons. The van der Waals surface area contributed by atoms with E-state index >= 15 is 0 Å². The summed E-state index contributed by atoms with van der Waals surface area (Å²) >= 11 is 0. The zero-order chi connectivity index (χ0) is 11.4. The van der Waals surface area contributed by atoms with E-state index < -0.39 is 0 Å². The molecule has 2 heterocycles. The van der Waals surface area contributed by atoms with Crippen molar-refractivity contribution in [3.8, 4) is 0 Å². The maximum Gasteiger partial charge on any atom is 0.151 e. The topological polar surface area (TPSA) is 39.2 Å². The second kappa shape index (κ2) is 5.21. The van der Waals surface area contributed by atoms with Crippen LogP contribution in [0.25, 0.3) is 0 Å². The van der Waals surface area contributed by atoms with E-state index in [1.54, 1.807) is 0 Å². The maximum absolute atomic E-state index is 11.0. The molecule has 16 heavy (non-hydrogen) atoms. The highest BCUT2D eigenvalue weighted by Crippen LogP contribution is 2.27. The van der Waals surface area contributed by atoms with Gasteiger partial charge in [-0.05, 0) is 36.8 Å². The minimum absolute atomic E-state index is 0.505. The van der Waals surface area contributed by atoms with Gasteiger partial charge in [-0.1, -0.05) is 6.92 Å². The Labute approximate surface area is 95.8 Å². The van der Waals surface area contributed by atoms with Crippen molar-refractivity contribution in [1.82, 2.24) is 4.98 Å². The van der Waals surface area contributed by atoms with E-state index in [-0.39, 0.29) is 0 Å². The Kier molecular flexibility index (Phi) is 3.67. The van der Waals surface area contributed by atoms with Crippen LogP contribution in [0.15, 0.2) is 12.3 Å². The van der Waals surface area contributed by atoms with Crippen LogP contribution in [0, 0.1) is 0 Å². The molecule has 0 spiro atoms. The van der Waals surface area contributed by atoms with Crippen molar-refractivity contribution in [3.05, 3.63) is 29.1 Å². The molecule has 0 saturated carbocycles. The molecule has 2 rings (SSSR count). The number of aldehydes is 1. The molecule has 1 saturated heterocycles. The van der Waals surface area contributed by atoms with Gasteiger partial charge >= 0.3 is 0 Å². The smallest absolute Gasteiger partial charge is 0.151 e. The molecular formula is C13H17NO2. The Morgan fingerprint density at radius 3 is 2.88 bits per heavy atom. The second-order valence-electron chi connectivity index (χ2n) is 4.16. The fourth-order valence-corrected chi connectivity index (χ4v) is 2.18. The van der Waals surface area contributed by atoms with Crippen LogP contribution in [0.5, 0.6) is 0 Å². The minimum Gasteiger partial charge on any atom is -0.381 e. The number of ether oxygens (including phenoxy) is 1. The lowest BCUT2D eigenvalue weighted by Crippen LogP contribution is -2.14. The quantitative estimate of drug-likeness (QED) is 0.732. The van der Waals surface area contributed by atoms with Gasteiger partial charge in [0.25, 0.3) is 0 Å². The molecule has 1 aliphatic heterocycles. The van der Waals surface area contributed by atoms with Crippen molar-refractivity contribution in [2.24, 2.45) is 0 Å². The van der Waals surface area contributed by atoms with Gasteiger partial charge in [0.05, 0.1) is 5.69 Å². The highest BCUT2D eigenvalue weighted by Gasteiger charge is 2.17. The van der Waals surface area contributed by atoms with Crippen molar-refractivity contribution < 1.29 is 9.53 Å². The van der Waals surface area contributed by atoms with Gasteiger partial charge in [0, 0.05) is 25.0 Å². The fraction of sp³-hybridized carbons (Fsp3) is 0.538. The molecule has 0 atom stereocenters. The molecule has 3 nitrogen and oxygen atoms in total. The Balaban J connectivity index is 2.24. The molecule has 0 bridgehead atoms. The number of carbonyl (C=O) groups excluding carboxylic acids is 1. The van der Waals surface area contributed by atoms with Crippen LogP contribution in [0.4, 0.5) is 0 Å². The van der Waals surface area contributed by atoms with E-state index in [4.69, 9.17) is 4.74 Å². The van der Waals surface area contributed by atoms with Crippen LogP contribution < -0.4 is 0 Å². The van der Waals surface area contributed by atoms with E-state index in [0.29, 0.717) is 5.92 Å². The van der Waals surface area contributed by atoms with E-state index in [9.17, 15) is 4.79 Å². The van der Waals surface area contributed by atoms with E-state index in [0.717, 1.165) is 50.0 Å². The third-order valence-electron chi connectivity index (χ3n) is 3.18. The number of pyridine rings is 1. The van der Waals surface area contributed by atoms with Crippen LogP contribution in [0.3, 0.4) is 0 Å². The molecule has 0 unspecified atom stereocenters. The molecule has 86 valence electrons. The van der Waals surface area contributed by atoms with Crippen LogP contribution in [0.2, 0.25) is 0 Å². The van der Waals surface area contributed by atoms with Crippen molar-refractivity contribution in [1.29, 1.82) is 0 Å². The summed E-state index contributed by atoms with van der Waals surface area (Å²) in [5.41, 5.74) is 2.82. The Morgan fingerprint density at radius 2 is 2.25 bits per heavy atom. The molecule has 0 aromatic carbocycles. The van der Waals surface area contributed by atoms with Gasteiger partial charge < -0.3 is 4.74 Å². The number of aromatic nitrogens is 1. The molecule has 1 fully saturated rings. The predicted octanol–water partition coefficient (Wildman–Crippen LogP) is 2.35. The van der Waals surface area contributed by atoms with E-state index in [1.165, 1.54) is 5.56 Å². The summed E-state index contributed by atoms with van der Waals surface area (Å²) in [5, 5.41) is 0. The first-order valence-electron chi connectivity index (χ1n) is 5.87. The van der Waals surface area contributed by atoms with Gasteiger partial charge in [0.1, 0.15) is 0 Å². The summed E-state index contributed by atoms with van der Waals surface area (Å²) in [6.07, 6.45) is 5.70. The van der Waals surface area contributed by atoms with Gasteiger partial charge in [-0.3, -0.25) is 9.78 Å². The normalized spacial score (nSPS) is 17.3. The van der Waals surface area contributed by atoms with Crippen LogP contribution in [-0.4, -0.2) is 24.5 Å². The molecule has 1 aromatic heterocycles. The minimum atomic E-state index is 0.505. The summed E-state index contributed by atoms with van der Waals surface area (Å²) in [6, 6.07) is 1.99. The Morgan fingerprint density at radius 1 is 1.50 bits per heavy atom. The molecule has 0 aliphatic carbocycles. The highest BCUT2D eigenvalue weighted by atomic mass is 16.5. The van der Waals surface area contributed by atoms with E-state index in [2.05, 4.69) is 4.98 Å². The number of aryl methyl sites for hydroxylation is 1. The highest BCUT2D eigenvalue weighted by molar-refractivity contribution is 5.76. The van der Waals surface area contributed by atoms with E-state index in [1.807, 2.05) is 19.2 Å². The first kappa shape index (κ1) is 11.3. The first-order valence-corrected chi connectivity index (χ1v) is 5.87. The SMILES string of the molecule is CCc1ncc(C2CCOCC2)cc1C=O. The standard InChI is InChI=1S/C13H17NO2/c1-2-13-12(9-15)7-11(8-14-13)10-3-5-16-6-4-10/h7-10H,2-6H2,1H3. The van der Waals surface area contributed by atoms with Crippen LogP contribution >= 0.6 is 0 Å². The summed E-state index contributed by atoms with van der Waals surface area (Å²) in [6.45, 7) is 3.65. The van der Waals surface area contributed by atoms with Gasteiger partial charge in [-0.2, -0.15) is 0 Å². The molecule has 0 N–H and O–H groups in total. The Hall–Kier alpha value is -1.22. The summed E-state index contributed by atoms with van der Waals surface area (Å²) < 4.78 is 5.33. The van der Waals surface area contributed by atoms with Crippen molar-refractivity contribution >= 4 is 6.29 Å².